The van der Waals surface area contributed by atoms with Gasteiger partial charge in [-0.05, 0) is 19.8 Å². The zero-order chi connectivity index (χ0) is 10.7. The van der Waals surface area contributed by atoms with Crippen molar-refractivity contribution in [3.63, 3.8) is 0 Å². The molecular formula is C10H17N3OS. The molecule has 1 unspecified atom stereocenters. The van der Waals surface area contributed by atoms with Gasteiger partial charge in [0.2, 0.25) is 0 Å². The SMILES string of the molecule is CCOC1CCCN(c2ncc(N)s2)C1. The predicted molar refractivity (Wildman–Crippen MR) is 63.4 cm³/mol. The van der Waals surface area contributed by atoms with Crippen molar-refractivity contribution in [2.45, 2.75) is 25.9 Å². The zero-order valence-electron chi connectivity index (χ0n) is 8.98. The molecule has 84 valence electrons. The summed E-state index contributed by atoms with van der Waals surface area (Å²) < 4.78 is 5.65. The molecule has 1 aromatic rings. The van der Waals surface area contributed by atoms with E-state index in [0.717, 1.165) is 36.2 Å². The summed E-state index contributed by atoms with van der Waals surface area (Å²) in [5, 5.41) is 1.81. The first-order valence-corrected chi connectivity index (χ1v) is 6.19. The van der Waals surface area contributed by atoms with Gasteiger partial charge in [-0.3, -0.25) is 0 Å². The molecule has 1 aromatic heterocycles. The van der Waals surface area contributed by atoms with Crippen LogP contribution in [0.5, 0.6) is 0 Å². The van der Waals surface area contributed by atoms with Gasteiger partial charge in [0.05, 0.1) is 12.3 Å². The fourth-order valence-corrected chi connectivity index (χ4v) is 2.62. The quantitative estimate of drug-likeness (QED) is 0.854. The van der Waals surface area contributed by atoms with E-state index in [2.05, 4.69) is 9.88 Å². The van der Waals surface area contributed by atoms with Crippen molar-refractivity contribution < 1.29 is 4.74 Å². The van der Waals surface area contributed by atoms with Crippen LogP contribution >= 0.6 is 11.3 Å². The summed E-state index contributed by atoms with van der Waals surface area (Å²) in [5.74, 6) is 0. The Labute approximate surface area is 94.1 Å². The van der Waals surface area contributed by atoms with E-state index >= 15 is 0 Å². The van der Waals surface area contributed by atoms with Gasteiger partial charge < -0.3 is 15.4 Å². The highest BCUT2D eigenvalue weighted by Crippen LogP contribution is 2.27. The maximum Gasteiger partial charge on any atom is 0.187 e. The monoisotopic (exact) mass is 227 g/mol. The first-order valence-electron chi connectivity index (χ1n) is 5.37. The highest BCUT2D eigenvalue weighted by molar-refractivity contribution is 7.19. The van der Waals surface area contributed by atoms with Crippen molar-refractivity contribution in [1.29, 1.82) is 0 Å². The summed E-state index contributed by atoms with van der Waals surface area (Å²) in [6, 6.07) is 0. The lowest BCUT2D eigenvalue weighted by Gasteiger charge is -2.32. The highest BCUT2D eigenvalue weighted by Gasteiger charge is 2.21. The van der Waals surface area contributed by atoms with E-state index in [1.807, 2.05) is 6.92 Å². The number of hydrogen-bond acceptors (Lipinski definition) is 5. The van der Waals surface area contributed by atoms with Crippen LogP contribution in [0.1, 0.15) is 19.8 Å². The van der Waals surface area contributed by atoms with Crippen molar-refractivity contribution >= 4 is 21.5 Å². The fraction of sp³-hybridized carbons (Fsp3) is 0.700. The van der Waals surface area contributed by atoms with Crippen LogP contribution in [0.4, 0.5) is 10.1 Å². The molecule has 15 heavy (non-hydrogen) atoms. The van der Waals surface area contributed by atoms with Gasteiger partial charge in [0.25, 0.3) is 0 Å². The van der Waals surface area contributed by atoms with Crippen molar-refractivity contribution in [1.82, 2.24) is 4.98 Å². The Balaban J connectivity index is 1.98. The Morgan fingerprint density at radius 2 is 2.60 bits per heavy atom. The molecule has 0 aliphatic carbocycles. The molecule has 0 saturated carbocycles. The van der Waals surface area contributed by atoms with Crippen LogP contribution in [0.25, 0.3) is 0 Å². The molecule has 2 heterocycles. The van der Waals surface area contributed by atoms with E-state index in [4.69, 9.17) is 10.5 Å². The van der Waals surface area contributed by atoms with Gasteiger partial charge >= 0.3 is 0 Å². The first-order chi connectivity index (χ1) is 7.29. The van der Waals surface area contributed by atoms with Gasteiger partial charge in [0.15, 0.2) is 5.13 Å². The largest absolute Gasteiger partial charge is 0.389 e. The number of nitrogens with zero attached hydrogens (tertiary/aromatic N) is 2. The third-order valence-electron chi connectivity index (χ3n) is 2.56. The molecule has 0 bridgehead atoms. The second-order valence-corrected chi connectivity index (χ2v) is 4.75. The van der Waals surface area contributed by atoms with E-state index in [0.29, 0.717) is 6.10 Å². The van der Waals surface area contributed by atoms with E-state index in [1.165, 1.54) is 6.42 Å². The molecule has 5 heteroatoms. The molecule has 0 aromatic carbocycles. The minimum absolute atomic E-state index is 0.355. The predicted octanol–water partition coefficient (Wildman–Crippen LogP) is 1.73. The minimum Gasteiger partial charge on any atom is -0.389 e. The van der Waals surface area contributed by atoms with Crippen LogP contribution in [-0.4, -0.2) is 30.8 Å². The summed E-state index contributed by atoms with van der Waals surface area (Å²) in [6.07, 6.45) is 4.41. The van der Waals surface area contributed by atoms with Gasteiger partial charge in [-0.1, -0.05) is 11.3 Å². The third kappa shape index (κ3) is 2.60. The fourth-order valence-electron chi connectivity index (χ4n) is 1.91. The van der Waals surface area contributed by atoms with E-state index in [9.17, 15) is 0 Å². The van der Waals surface area contributed by atoms with Gasteiger partial charge in [-0.25, -0.2) is 4.98 Å². The lowest BCUT2D eigenvalue weighted by Crippen LogP contribution is -2.39. The number of rotatable bonds is 3. The molecule has 0 spiro atoms. The standard InChI is InChI=1S/C10H17N3OS/c1-2-14-8-4-3-5-13(7-8)10-12-6-9(11)15-10/h6,8H,2-5,7,11H2,1H3. The minimum atomic E-state index is 0.355. The Morgan fingerprint density at radius 1 is 1.73 bits per heavy atom. The third-order valence-corrected chi connectivity index (χ3v) is 3.45. The summed E-state index contributed by atoms with van der Waals surface area (Å²) in [6.45, 7) is 4.84. The van der Waals surface area contributed by atoms with Gasteiger partial charge in [-0.2, -0.15) is 0 Å². The maximum atomic E-state index is 5.68. The van der Waals surface area contributed by atoms with E-state index in [1.54, 1.807) is 17.5 Å². The molecule has 2 rings (SSSR count). The Morgan fingerprint density at radius 3 is 3.27 bits per heavy atom. The molecule has 1 aliphatic rings. The molecule has 0 radical (unpaired) electrons. The smallest absolute Gasteiger partial charge is 0.187 e. The van der Waals surface area contributed by atoms with Crippen LogP contribution in [-0.2, 0) is 4.74 Å². The summed E-state index contributed by atoms with van der Waals surface area (Å²) in [4.78, 5) is 6.57. The molecule has 1 atom stereocenters. The Hall–Kier alpha value is -0.810. The second-order valence-electron chi connectivity index (χ2n) is 3.71. The number of aromatic nitrogens is 1. The van der Waals surface area contributed by atoms with E-state index < -0.39 is 0 Å². The molecule has 0 amide bonds. The average Bonchev–Trinajstić information content (AvgIpc) is 2.66. The van der Waals surface area contributed by atoms with Crippen LogP contribution in [0.3, 0.4) is 0 Å². The van der Waals surface area contributed by atoms with Crippen LogP contribution in [0, 0.1) is 0 Å². The summed E-state index contributed by atoms with van der Waals surface area (Å²) >= 11 is 1.55. The van der Waals surface area contributed by atoms with E-state index in [-0.39, 0.29) is 0 Å². The first kappa shape index (κ1) is 10.7. The summed E-state index contributed by atoms with van der Waals surface area (Å²) in [7, 11) is 0. The number of hydrogen-bond donors (Lipinski definition) is 1. The number of piperidine rings is 1. The van der Waals surface area contributed by atoms with Crippen LogP contribution < -0.4 is 10.6 Å². The highest BCUT2D eigenvalue weighted by atomic mass is 32.1. The second kappa shape index (κ2) is 4.81. The van der Waals surface area contributed by atoms with Gasteiger partial charge in [-0.15, -0.1) is 0 Å². The Bertz CT molecular complexity index is 313. The van der Waals surface area contributed by atoms with Crippen LogP contribution in [0.15, 0.2) is 6.20 Å². The number of anilines is 2. The number of ether oxygens (including phenoxy) is 1. The average molecular weight is 227 g/mol. The van der Waals surface area contributed by atoms with Crippen molar-refractivity contribution in [3.05, 3.63) is 6.20 Å². The molecule has 1 aliphatic heterocycles. The number of thiazole rings is 1. The molecular weight excluding hydrogens is 210 g/mol. The lowest BCUT2D eigenvalue weighted by molar-refractivity contribution is 0.0526. The topological polar surface area (TPSA) is 51.4 Å². The molecule has 1 fully saturated rings. The van der Waals surface area contributed by atoms with Crippen molar-refractivity contribution in [2.24, 2.45) is 0 Å². The number of nitrogen functional groups attached to an aromatic ring is 1. The summed E-state index contributed by atoms with van der Waals surface area (Å²) in [5.41, 5.74) is 5.68. The van der Waals surface area contributed by atoms with Crippen molar-refractivity contribution in [3.8, 4) is 0 Å². The van der Waals surface area contributed by atoms with Crippen molar-refractivity contribution in [2.75, 3.05) is 30.3 Å². The molecule has 2 N–H and O–H groups in total. The molecule has 1 saturated heterocycles. The lowest BCUT2D eigenvalue weighted by atomic mass is 10.1. The van der Waals surface area contributed by atoms with Gasteiger partial charge in [0.1, 0.15) is 5.00 Å². The van der Waals surface area contributed by atoms with Gasteiger partial charge in [0, 0.05) is 19.7 Å². The molecule has 4 nitrogen and oxygen atoms in total. The van der Waals surface area contributed by atoms with Crippen LogP contribution in [0.2, 0.25) is 0 Å². The maximum absolute atomic E-state index is 5.68. The number of nitrogens with two attached hydrogens (primary N) is 1. The normalized spacial score (nSPS) is 21.9. The Kier molecular flexibility index (Phi) is 3.43. The zero-order valence-corrected chi connectivity index (χ0v) is 9.80.